The molecule has 0 atom stereocenters. The topological polar surface area (TPSA) is 71.3 Å². The van der Waals surface area contributed by atoms with Crippen molar-refractivity contribution in [2.45, 2.75) is 25.3 Å². The number of carbonyl (C=O) groups excluding carboxylic acids is 2. The Balaban J connectivity index is 1.27. The predicted molar refractivity (Wildman–Crippen MR) is 133 cm³/mol. The summed E-state index contributed by atoms with van der Waals surface area (Å²) in [7, 11) is 0. The summed E-state index contributed by atoms with van der Waals surface area (Å²) in [5, 5.41) is 4.29. The van der Waals surface area contributed by atoms with Gasteiger partial charge in [-0.1, -0.05) is 6.07 Å². The molecule has 2 amide bonds. The Morgan fingerprint density at radius 1 is 0.900 bits per heavy atom. The van der Waals surface area contributed by atoms with Gasteiger partial charge in [-0.15, -0.1) is 0 Å². The van der Waals surface area contributed by atoms with Crippen LogP contribution in [-0.2, 0) is 11.2 Å². The first kappa shape index (κ1) is 25.7. The zero-order valence-electron chi connectivity index (χ0n) is 20.8. The number of halogens is 5. The third kappa shape index (κ3) is 4.29. The van der Waals surface area contributed by atoms with Crippen LogP contribution in [0, 0.1) is 29.1 Å². The first-order valence-electron chi connectivity index (χ1n) is 12.5. The average Bonchev–Trinajstić information content (AvgIpc) is 3.55. The highest BCUT2D eigenvalue weighted by atomic mass is 19.2. The van der Waals surface area contributed by atoms with Gasteiger partial charge in [0.25, 0.3) is 5.91 Å². The van der Waals surface area contributed by atoms with Gasteiger partial charge in [0.05, 0.1) is 23.5 Å². The third-order valence-corrected chi connectivity index (χ3v) is 7.22. The van der Waals surface area contributed by atoms with Gasteiger partial charge < -0.3 is 9.80 Å². The number of piperidine rings is 1. The van der Waals surface area contributed by atoms with E-state index in [0.717, 1.165) is 22.9 Å². The van der Waals surface area contributed by atoms with E-state index in [0.29, 0.717) is 29.7 Å². The molecule has 7 nitrogen and oxygen atoms in total. The zero-order chi connectivity index (χ0) is 28.1. The molecule has 0 saturated carbocycles. The molecule has 2 aromatic heterocycles. The van der Waals surface area contributed by atoms with Crippen LogP contribution in [0.1, 0.15) is 28.9 Å². The van der Waals surface area contributed by atoms with E-state index in [9.17, 15) is 31.5 Å². The molecule has 2 aliphatic heterocycles. The summed E-state index contributed by atoms with van der Waals surface area (Å²) >= 11 is 0. The van der Waals surface area contributed by atoms with Crippen LogP contribution < -0.4 is 4.90 Å². The summed E-state index contributed by atoms with van der Waals surface area (Å²) < 4.78 is 71.3. The Bertz CT molecular complexity index is 1630. The van der Waals surface area contributed by atoms with Gasteiger partial charge >= 0.3 is 0 Å². The Hall–Kier alpha value is -4.61. The van der Waals surface area contributed by atoms with E-state index in [2.05, 4.69) is 10.1 Å². The molecule has 0 radical (unpaired) electrons. The summed E-state index contributed by atoms with van der Waals surface area (Å²) in [5.41, 5.74) is 1.01. The highest BCUT2D eigenvalue weighted by Gasteiger charge is 2.38. The number of hydrogen-bond acceptors (Lipinski definition) is 4. The SMILES string of the molecule is O=C(c1cc(-c2cccnc2)n(-c2cc(F)c(F)c(F)c2)n1)N1CCC(N2C(=O)Cc3ccc(F)c(F)c32)CC1. The number of fused-ring (bicyclic) bond motifs is 1. The van der Waals surface area contributed by atoms with E-state index in [1.165, 1.54) is 34.3 Å². The molecule has 0 unspecified atom stereocenters. The van der Waals surface area contributed by atoms with Crippen LogP contribution in [0.15, 0.2) is 54.9 Å². The minimum atomic E-state index is -1.63. The highest BCUT2D eigenvalue weighted by molar-refractivity contribution is 6.02. The van der Waals surface area contributed by atoms with Crippen molar-refractivity contribution in [1.29, 1.82) is 0 Å². The molecule has 204 valence electrons. The number of benzene rings is 2. The van der Waals surface area contributed by atoms with E-state index in [1.54, 1.807) is 12.1 Å². The Morgan fingerprint density at radius 3 is 2.30 bits per heavy atom. The van der Waals surface area contributed by atoms with E-state index in [1.807, 2.05) is 0 Å². The average molecular weight is 553 g/mol. The summed E-state index contributed by atoms with van der Waals surface area (Å²) in [5.74, 6) is -7.35. The molecule has 6 rings (SSSR count). The Morgan fingerprint density at radius 2 is 1.62 bits per heavy atom. The minimum absolute atomic E-state index is 0.0230. The zero-order valence-corrected chi connectivity index (χ0v) is 20.8. The van der Waals surface area contributed by atoms with Gasteiger partial charge in [-0.05, 0) is 42.7 Å². The molecule has 2 aliphatic rings. The number of anilines is 1. The van der Waals surface area contributed by atoms with Crippen molar-refractivity contribution >= 4 is 17.5 Å². The van der Waals surface area contributed by atoms with E-state index < -0.39 is 41.0 Å². The molecule has 0 bridgehead atoms. The normalized spacial score (nSPS) is 15.6. The molecular formula is C28H20F5N5O2. The molecule has 4 aromatic rings. The number of aromatic nitrogens is 3. The first-order chi connectivity index (χ1) is 19.2. The molecule has 1 saturated heterocycles. The fourth-order valence-electron chi connectivity index (χ4n) is 5.30. The molecular weight excluding hydrogens is 533 g/mol. The second-order valence-electron chi connectivity index (χ2n) is 9.62. The predicted octanol–water partition coefficient (Wildman–Crippen LogP) is 4.82. The van der Waals surface area contributed by atoms with Crippen LogP contribution in [-0.4, -0.2) is 50.6 Å². The summed E-state index contributed by atoms with van der Waals surface area (Å²) in [6, 6.07) is 8.28. The van der Waals surface area contributed by atoms with Crippen molar-refractivity contribution < 1.29 is 31.5 Å². The quantitative estimate of drug-likeness (QED) is 0.268. The molecule has 0 aliphatic carbocycles. The van der Waals surface area contributed by atoms with E-state index in [4.69, 9.17) is 0 Å². The van der Waals surface area contributed by atoms with Crippen LogP contribution in [0.4, 0.5) is 27.6 Å². The van der Waals surface area contributed by atoms with Crippen molar-refractivity contribution in [3.8, 4) is 16.9 Å². The summed E-state index contributed by atoms with van der Waals surface area (Å²) in [6.07, 6.45) is 3.62. The minimum Gasteiger partial charge on any atom is -0.337 e. The van der Waals surface area contributed by atoms with Gasteiger partial charge in [0.1, 0.15) is 0 Å². The lowest BCUT2D eigenvalue weighted by atomic mass is 10.0. The van der Waals surface area contributed by atoms with Crippen LogP contribution in [0.3, 0.4) is 0 Å². The number of amides is 2. The second-order valence-corrected chi connectivity index (χ2v) is 9.62. The molecule has 2 aromatic carbocycles. The van der Waals surface area contributed by atoms with Crippen molar-refractivity contribution in [3.05, 3.63) is 95.2 Å². The Labute approximate surface area is 224 Å². The number of hydrogen-bond donors (Lipinski definition) is 0. The maximum atomic E-state index is 14.6. The molecule has 40 heavy (non-hydrogen) atoms. The van der Waals surface area contributed by atoms with Gasteiger partial charge in [-0.2, -0.15) is 5.10 Å². The van der Waals surface area contributed by atoms with Crippen LogP contribution in [0.5, 0.6) is 0 Å². The molecule has 4 heterocycles. The number of likely N-dealkylation sites (tertiary alicyclic amines) is 1. The van der Waals surface area contributed by atoms with Gasteiger partial charge in [-0.3, -0.25) is 14.6 Å². The Kier molecular flexibility index (Phi) is 6.32. The molecule has 0 spiro atoms. The first-order valence-corrected chi connectivity index (χ1v) is 12.5. The lowest BCUT2D eigenvalue weighted by Crippen LogP contribution is -2.48. The van der Waals surface area contributed by atoms with Gasteiger partial charge in [0, 0.05) is 49.2 Å². The van der Waals surface area contributed by atoms with Crippen molar-refractivity contribution in [2.75, 3.05) is 18.0 Å². The van der Waals surface area contributed by atoms with E-state index >= 15 is 0 Å². The molecule has 1 fully saturated rings. The molecule has 0 N–H and O–H groups in total. The third-order valence-electron chi connectivity index (χ3n) is 7.22. The van der Waals surface area contributed by atoms with Gasteiger partial charge in [-0.25, -0.2) is 26.6 Å². The van der Waals surface area contributed by atoms with Crippen LogP contribution in [0.25, 0.3) is 16.9 Å². The highest BCUT2D eigenvalue weighted by Crippen LogP contribution is 2.37. The molecule has 12 heteroatoms. The van der Waals surface area contributed by atoms with E-state index in [-0.39, 0.29) is 42.5 Å². The second kappa shape index (κ2) is 9.85. The van der Waals surface area contributed by atoms with Crippen molar-refractivity contribution in [1.82, 2.24) is 19.7 Å². The maximum Gasteiger partial charge on any atom is 0.274 e. The lowest BCUT2D eigenvalue weighted by Gasteiger charge is -2.36. The van der Waals surface area contributed by atoms with Gasteiger partial charge in [0.15, 0.2) is 34.8 Å². The fraction of sp³-hybridized carbons (Fsp3) is 0.214. The largest absolute Gasteiger partial charge is 0.337 e. The number of nitrogens with zero attached hydrogens (tertiary/aromatic N) is 5. The fourth-order valence-corrected chi connectivity index (χ4v) is 5.30. The maximum absolute atomic E-state index is 14.6. The van der Waals surface area contributed by atoms with Crippen LogP contribution >= 0.6 is 0 Å². The summed E-state index contributed by atoms with van der Waals surface area (Å²) in [4.78, 5) is 33.0. The number of rotatable bonds is 4. The van der Waals surface area contributed by atoms with Crippen molar-refractivity contribution in [2.24, 2.45) is 0 Å². The smallest absolute Gasteiger partial charge is 0.274 e. The van der Waals surface area contributed by atoms with Crippen LogP contribution in [0.2, 0.25) is 0 Å². The van der Waals surface area contributed by atoms with Crippen molar-refractivity contribution in [3.63, 3.8) is 0 Å². The lowest BCUT2D eigenvalue weighted by molar-refractivity contribution is -0.118. The summed E-state index contributed by atoms with van der Waals surface area (Å²) in [6.45, 7) is 0.406. The monoisotopic (exact) mass is 553 g/mol. The van der Waals surface area contributed by atoms with Gasteiger partial charge in [0.2, 0.25) is 5.91 Å². The standard InChI is InChI=1S/C28H20F5N5O2/c29-19-4-3-15-10-24(39)37(27(15)26(19)33)17-5-8-36(9-6-17)28(40)22-13-23(16-2-1-7-34-14-16)38(35-22)18-11-20(30)25(32)21(31)12-18/h1-4,7,11-14,17H,5-6,8-10H2. The number of carbonyl (C=O) groups is 2. The number of pyridine rings is 1.